The first-order valence-electron chi connectivity index (χ1n) is 4.46. The van der Waals surface area contributed by atoms with Gasteiger partial charge in [-0.15, -0.1) is 0 Å². The van der Waals surface area contributed by atoms with Crippen LogP contribution in [0.2, 0.25) is 0 Å². The van der Waals surface area contributed by atoms with Crippen LogP contribution in [0.3, 0.4) is 0 Å². The van der Waals surface area contributed by atoms with Crippen molar-refractivity contribution in [2.75, 3.05) is 12.5 Å². The Bertz CT molecular complexity index is 424. The summed E-state index contributed by atoms with van der Waals surface area (Å²) < 4.78 is 0. The monoisotopic (exact) mass is 253 g/mol. The molecule has 0 bridgehead atoms. The molecule has 1 aromatic heterocycles. The number of imidazole rings is 1. The molecule has 0 aliphatic carbocycles. The molecule has 2 aromatic rings. The number of benzene rings is 1. The molecule has 0 unspecified atom stereocenters. The Morgan fingerprint density at radius 2 is 2.36 bits per heavy atom. The quantitative estimate of drug-likeness (QED) is 0.673. The van der Waals surface area contributed by atoms with Crippen molar-refractivity contribution in [1.82, 2.24) is 14.9 Å². The smallest absolute Gasteiger partial charge is 0.0931 e. The molecule has 0 amide bonds. The molecule has 0 fully saturated rings. The molecule has 1 N–H and O–H groups in total. The van der Waals surface area contributed by atoms with E-state index in [9.17, 15) is 0 Å². The van der Waals surface area contributed by atoms with Crippen LogP contribution in [0.4, 0.5) is 0 Å². The maximum absolute atomic E-state index is 4.18. The Morgan fingerprint density at radius 1 is 1.50 bits per heavy atom. The molecule has 3 nitrogen and oxygen atoms in total. The highest BCUT2D eigenvalue weighted by Crippen LogP contribution is 2.13. The van der Waals surface area contributed by atoms with Crippen molar-refractivity contribution in [3.63, 3.8) is 0 Å². The summed E-state index contributed by atoms with van der Waals surface area (Å²) in [5.41, 5.74) is 4.30. The van der Waals surface area contributed by atoms with Crippen molar-refractivity contribution in [3.05, 3.63) is 30.1 Å². The predicted octanol–water partition coefficient (Wildman–Crippen LogP) is 2.35. The van der Waals surface area contributed by atoms with E-state index in [0.29, 0.717) is 0 Å². The van der Waals surface area contributed by atoms with Gasteiger partial charge in [0.05, 0.1) is 22.8 Å². The van der Waals surface area contributed by atoms with Crippen molar-refractivity contribution in [2.24, 2.45) is 0 Å². The van der Waals surface area contributed by atoms with E-state index in [1.165, 1.54) is 5.56 Å². The first-order valence-corrected chi connectivity index (χ1v) is 5.58. The number of fused-ring (bicyclic) bond motifs is 1. The first kappa shape index (κ1) is 9.68. The highest BCUT2D eigenvalue weighted by atomic mass is 79.9. The summed E-state index contributed by atoms with van der Waals surface area (Å²) in [7, 11) is 2.08. The molecule has 74 valence electrons. The van der Waals surface area contributed by atoms with E-state index in [0.717, 1.165) is 23.0 Å². The zero-order valence-electron chi connectivity index (χ0n) is 8.00. The van der Waals surface area contributed by atoms with Gasteiger partial charge < -0.3 is 4.98 Å². The highest BCUT2D eigenvalue weighted by Gasteiger charge is 2.00. The third-order valence-electron chi connectivity index (χ3n) is 2.14. The molecule has 2 rings (SSSR count). The Hall–Kier alpha value is -0.870. The summed E-state index contributed by atoms with van der Waals surface area (Å²) in [5.74, 6) is 0. The van der Waals surface area contributed by atoms with Crippen LogP contribution in [0.5, 0.6) is 0 Å². The van der Waals surface area contributed by atoms with Crippen molar-refractivity contribution in [1.29, 1.82) is 0 Å². The number of alkyl halides is 1. The zero-order chi connectivity index (χ0) is 9.97. The molecule has 0 aliphatic heterocycles. The van der Waals surface area contributed by atoms with Crippen LogP contribution in [-0.2, 0) is 6.54 Å². The van der Waals surface area contributed by atoms with E-state index >= 15 is 0 Å². The third kappa shape index (κ3) is 1.96. The van der Waals surface area contributed by atoms with Crippen LogP contribution in [0.1, 0.15) is 5.56 Å². The molecule has 4 heteroatoms. The SMILES string of the molecule is CN(CBr)Cc1ccc2nc[nH]c2c1. The lowest BCUT2D eigenvalue weighted by molar-refractivity contribution is 0.390. The van der Waals surface area contributed by atoms with E-state index in [4.69, 9.17) is 0 Å². The lowest BCUT2D eigenvalue weighted by atomic mass is 10.2. The van der Waals surface area contributed by atoms with Gasteiger partial charge in [0.1, 0.15) is 0 Å². The Labute approximate surface area is 91.3 Å². The van der Waals surface area contributed by atoms with Crippen molar-refractivity contribution < 1.29 is 0 Å². The maximum atomic E-state index is 4.18. The fraction of sp³-hybridized carbons (Fsp3) is 0.300. The van der Waals surface area contributed by atoms with Gasteiger partial charge in [0.15, 0.2) is 0 Å². The number of rotatable bonds is 3. The minimum atomic E-state index is 0.883. The van der Waals surface area contributed by atoms with Gasteiger partial charge in [-0.1, -0.05) is 22.0 Å². The van der Waals surface area contributed by atoms with Gasteiger partial charge in [-0.3, -0.25) is 4.90 Å². The van der Waals surface area contributed by atoms with Gasteiger partial charge in [0.2, 0.25) is 0 Å². The van der Waals surface area contributed by atoms with Gasteiger partial charge in [0.25, 0.3) is 0 Å². The number of nitrogens with one attached hydrogen (secondary N) is 1. The highest BCUT2D eigenvalue weighted by molar-refractivity contribution is 9.09. The molecule has 0 atom stereocenters. The van der Waals surface area contributed by atoms with Crippen LogP contribution in [0, 0.1) is 0 Å². The summed E-state index contributed by atoms with van der Waals surface area (Å²) in [6, 6.07) is 6.30. The molecular formula is C10H12BrN3. The maximum Gasteiger partial charge on any atom is 0.0931 e. The third-order valence-corrected chi connectivity index (χ3v) is 3.00. The number of nitrogens with zero attached hydrogens (tertiary/aromatic N) is 2. The number of H-pyrrole nitrogens is 1. The van der Waals surface area contributed by atoms with E-state index in [1.54, 1.807) is 6.33 Å². The normalized spacial score (nSPS) is 11.4. The molecular weight excluding hydrogens is 242 g/mol. The fourth-order valence-corrected chi connectivity index (χ4v) is 1.61. The lowest BCUT2D eigenvalue weighted by Crippen LogP contribution is -2.14. The molecule has 1 aromatic carbocycles. The molecule has 0 spiro atoms. The number of aromatic nitrogens is 2. The summed E-state index contributed by atoms with van der Waals surface area (Å²) in [6.45, 7) is 0.945. The predicted molar refractivity (Wildman–Crippen MR) is 61.4 cm³/mol. The van der Waals surface area contributed by atoms with E-state index in [-0.39, 0.29) is 0 Å². The topological polar surface area (TPSA) is 31.9 Å². The average Bonchev–Trinajstić information content (AvgIpc) is 2.64. The summed E-state index contributed by atoms with van der Waals surface area (Å²) in [6.07, 6.45) is 1.72. The average molecular weight is 254 g/mol. The molecule has 14 heavy (non-hydrogen) atoms. The van der Waals surface area contributed by atoms with Gasteiger partial charge >= 0.3 is 0 Å². The fourth-order valence-electron chi connectivity index (χ4n) is 1.44. The summed E-state index contributed by atoms with van der Waals surface area (Å²) >= 11 is 3.42. The van der Waals surface area contributed by atoms with E-state index in [1.807, 2.05) is 6.07 Å². The Morgan fingerprint density at radius 3 is 3.14 bits per heavy atom. The van der Waals surface area contributed by atoms with Gasteiger partial charge in [-0.25, -0.2) is 4.98 Å². The minimum Gasteiger partial charge on any atom is -0.345 e. The van der Waals surface area contributed by atoms with Gasteiger partial charge in [0, 0.05) is 6.54 Å². The number of halogens is 1. The van der Waals surface area contributed by atoms with Crippen molar-refractivity contribution in [3.8, 4) is 0 Å². The Kier molecular flexibility index (Phi) is 2.84. The van der Waals surface area contributed by atoms with Crippen LogP contribution in [0.15, 0.2) is 24.5 Å². The number of hydrogen-bond acceptors (Lipinski definition) is 2. The molecule has 0 aliphatic rings. The second-order valence-corrected chi connectivity index (χ2v) is 3.89. The second kappa shape index (κ2) is 4.11. The number of aromatic amines is 1. The summed E-state index contributed by atoms with van der Waals surface area (Å²) in [5, 5.41) is 0. The van der Waals surface area contributed by atoms with E-state index in [2.05, 4.69) is 50.0 Å². The van der Waals surface area contributed by atoms with Crippen molar-refractivity contribution in [2.45, 2.75) is 6.54 Å². The van der Waals surface area contributed by atoms with Crippen LogP contribution in [-0.4, -0.2) is 27.4 Å². The molecule has 0 radical (unpaired) electrons. The largest absolute Gasteiger partial charge is 0.345 e. The van der Waals surface area contributed by atoms with Crippen LogP contribution < -0.4 is 0 Å². The van der Waals surface area contributed by atoms with Gasteiger partial charge in [-0.2, -0.15) is 0 Å². The minimum absolute atomic E-state index is 0.883. The molecule has 0 saturated carbocycles. The molecule has 0 saturated heterocycles. The van der Waals surface area contributed by atoms with Crippen molar-refractivity contribution >= 4 is 27.0 Å². The van der Waals surface area contributed by atoms with Gasteiger partial charge in [-0.05, 0) is 24.7 Å². The summed E-state index contributed by atoms with van der Waals surface area (Å²) in [4.78, 5) is 9.48. The lowest BCUT2D eigenvalue weighted by Gasteiger charge is -2.12. The van der Waals surface area contributed by atoms with Crippen LogP contribution >= 0.6 is 15.9 Å². The molecule has 1 heterocycles. The second-order valence-electron chi connectivity index (χ2n) is 3.39. The van der Waals surface area contributed by atoms with Crippen LogP contribution in [0.25, 0.3) is 11.0 Å². The van der Waals surface area contributed by atoms with E-state index < -0.39 is 0 Å². The zero-order valence-corrected chi connectivity index (χ0v) is 9.58. The Balaban J connectivity index is 2.25. The first-order chi connectivity index (χ1) is 6.79. The standard InChI is InChI=1S/C10H12BrN3/c1-14(6-11)5-8-2-3-9-10(4-8)13-7-12-9/h2-4,7H,5-6H2,1H3,(H,12,13). The number of hydrogen-bond donors (Lipinski definition) is 1.